The third-order valence-corrected chi connectivity index (χ3v) is 3.96. The van der Waals surface area contributed by atoms with Crippen molar-refractivity contribution in [3.63, 3.8) is 0 Å². The van der Waals surface area contributed by atoms with Crippen LogP contribution in [0.25, 0.3) is 6.08 Å². The Morgan fingerprint density at radius 3 is 2.43 bits per heavy atom. The lowest BCUT2D eigenvalue weighted by molar-refractivity contribution is -0.115. The summed E-state index contributed by atoms with van der Waals surface area (Å²) in [7, 11) is 0. The second-order valence-corrected chi connectivity index (χ2v) is 7.01. The summed E-state index contributed by atoms with van der Waals surface area (Å²) < 4.78 is 5.76. The van der Waals surface area contributed by atoms with Crippen molar-refractivity contribution in [3.05, 3.63) is 64.4 Å². The van der Waals surface area contributed by atoms with Crippen molar-refractivity contribution in [2.24, 2.45) is 0 Å². The van der Waals surface area contributed by atoms with Gasteiger partial charge in [0.15, 0.2) is 11.5 Å². The first-order valence-electron chi connectivity index (χ1n) is 7.44. The summed E-state index contributed by atoms with van der Waals surface area (Å²) in [6.45, 7) is 6.39. The number of amides is 1. The number of fused-ring (bicyclic) bond motifs is 1. The molecule has 0 aromatic heterocycles. The fraction of sp³-hybridized carbons (Fsp3) is 0.211. The quantitative estimate of drug-likeness (QED) is 0.748. The van der Waals surface area contributed by atoms with Crippen LogP contribution in [0.5, 0.6) is 5.75 Å². The van der Waals surface area contributed by atoms with Crippen LogP contribution in [-0.2, 0) is 10.2 Å². The zero-order valence-electron chi connectivity index (χ0n) is 13.3. The summed E-state index contributed by atoms with van der Waals surface area (Å²) >= 11 is 5.87. The molecule has 1 N–H and O–H groups in total. The number of anilines is 1. The van der Waals surface area contributed by atoms with E-state index in [1.54, 1.807) is 18.2 Å². The van der Waals surface area contributed by atoms with Crippen molar-refractivity contribution in [2.45, 2.75) is 26.2 Å². The molecule has 0 radical (unpaired) electrons. The lowest BCUT2D eigenvalue weighted by atomic mass is 9.86. The minimum absolute atomic E-state index is 0.0131. The van der Waals surface area contributed by atoms with E-state index in [0.29, 0.717) is 16.5 Å². The third kappa shape index (κ3) is 3.40. The maximum atomic E-state index is 12.3. The molecule has 0 fully saturated rings. The summed E-state index contributed by atoms with van der Waals surface area (Å²) in [5, 5.41) is 3.55. The Balaban J connectivity index is 1.92. The first-order valence-corrected chi connectivity index (χ1v) is 7.82. The van der Waals surface area contributed by atoms with Gasteiger partial charge in [-0.25, -0.2) is 0 Å². The van der Waals surface area contributed by atoms with E-state index in [1.807, 2.05) is 30.3 Å². The smallest absolute Gasteiger partial charge is 0.291 e. The van der Waals surface area contributed by atoms with E-state index in [2.05, 4.69) is 26.1 Å². The Morgan fingerprint density at radius 1 is 1.09 bits per heavy atom. The summed E-state index contributed by atoms with van der Waals surface area (Å²) in [6, 6.07) is 13.1. The molecule has 1 amide bonds. The molecule has 1 aliphatic heterocycles. The first-order chi connectivity index (χ1) is 10.8. The zero-order chi connectivity index (χ0) is 16.6. The molecule has 118 valence electrons. The summed E-state index contributed by atoms with van der Waals surface area (Å²) in [6.07, 6.45) is 1.70. The lowest BCUT2D eigenvalue weighted by Gasteiger charge is -2.24. The van der Waals surface area contributed by atoms with E-state index in [4.69, 9.17) is 16.3 Å². The van der Waals surface area contributed by atoms with Crippen molar-refractivity contribution >= 4 is 29.3 Å². The molecule has 3 rings (SSSR count). The van der Waals surface area contributed by atoms with Crippen LogP contribution in [0.15, 0.2) is 48.2 Å². The van der Waals surface area contributed by atoms with Crippen LogP contribution < -0.4 is 10.1 Å². The van der Waals surface area contributed by atoms with Gasteiger partial charge in [0.25, 0.3) is 5.91 Å². The molecule has 0 saturated heterocycles. The van der Waals surface area contributed by atoms with Gasteiger partial charge in [0, 0.05) is 5.02 Å². The van der Waals surface area contributed by atoms with Crippen LogP contribution >= 0.6 is 11.6 Å². The predicted molar refractivity (Wildman–Crippen MR) is 93.8 cm³/mol. The standard InChI is InChI=1S/C19H18ClNO2/c1-19(2,3)13-6-9-16-15(11-13)21-18(22)17(23-16)10-12-4-7-14(20)8-5-12/h4-11H,1-3H3,(H,21,22). The van der Waals surface area contributed by atoms with Gasteiger partial charge in [-0.15, -0.1) is 0 Å². The van der Waals surface area contributed by atoms with Crippen LogP contribution in [0.3, 0.4) is 0 Å². The highest BCUT2D eigenvalue weighted by molar-refractivity contribution is 6.30. The Bertz CT molecular complexity index is 786. The Morgan fingerprint density at radius 2 is 1.78 bits per heavy atom. The molecule has 3 nitrogen and oxygen atoms in total. The number of carbonyl (C=O) groups excluding carboxylic acids is 1. The second-order valence-electron chi connectivity index (χ2n) is 6.58. The fourth-order valence-electron chi connectivity index (χ4n) is 2.34. The van der Waals surface area contributed by atoms with E-state index >= 15 is 0 Å². The molecule has 0 aliphatic carbocycles. The molecule has 0 unspecified atom stereocenters. The number of hydrogen-bond donors (Lipinski definition) is 1. The topological polar surface area (TPSA) is 38.3 Å². The number of rotatable bonds is 1. The van der Waals surface area contributed by atoms with E-state index in [9.17, 15) is 4.79 Å². The van der Waals surface area contributed by atoms with Crippen molar-refractivity contribution < 1.29 is 9.53 Å². The molecule has 2 aromatic rings. The number of nitrogens with one attached hydrogen (secondary N) is 1. The number of halogens is 1. The minimum Gasteiger partial charge on any atom is -0.449 e. The van der Waals surface area contributed by atoms with Gasteiger partial charge in [-0.2, -0.15) is 0 Å². The zero-order valence-corrected chi connectivity index (χ0v) is 14.1. The first kappa shape index (κ1) is 15.6. The van der Waals surface area contributed by atoms with Crippen molar-refractivity contribution in [1.82, 2.24) is 0 Å². The van der Waals surface area contributed by atoms with Crippen LogP contribution in [-0.4, -0.2) is 5.91 Å². The van der Waals surface area contributed by atoms with E-state index < -0.39 is 0 Å². The van der Waals surface area contributed by atoms with Crippen molar-refractivity contribution in [3.8, 4) is 5.75 Å². The normalized spacial score (nSPS) is 15.8. The molecule has 0 spiro atoms. The largest absolute Gasteiger partial charge is 0.449 e. The number of carbonyl (C=O) groups is 1. The van der Waals surface area contributed by atoms with Gasteiger partial charge < -0.3 is 10.1 Å². The molecule has 1 heterocycles. The van der Waals surface area contributed by atoms with E-state index in [-0.39, 0.29) is 17.1 Å². The lowest BCUT2D eigenvalue weighted by Crippen LogP contribution is -2.24. The molecule has 4 heteroatoms. The Hall–Kier alpha value is -2.26. The van der Waals surface area contributed by atoms with Gasteiger partial charge in [0.2, 0.25) is 0 Å². The van der Waals surface area contributed by atoms with Gasteiger partial charge >= 0.3 is 0 Å². The number of hydrogen-bond acceptors (Lipinski definition) is 2. The van der Waals surface area contributed by atoms with Gasteiger partial charge in [-0.1, -0.05) is 50.6 Å². The molecule has 1 aliphatic rings. The van der Waals surface area contributed by atoms with E-state index in [1.165, 1.54) is 0 Å². The van der Waals surface area contributed by atoms with Gasteiger partial charge in [0.05, 0.1) is 5.69 Å². The third-order valence-electron chi connectivity index (χ3n) is 3.71. The van der Waals surface area contributed by atoms with Crippen LogP contribution in [0.4, 0.5) is 5.69 Å². The average molecular weight is 328 g/mol. The Kier molecular flexibility index (Phi) is 3.90. The predicted octanol–water partition coefficient (Wildman–Crippen LogP) is 5.01. The monoisotopic (exact) mass is 327 g/mol. The number of benzene rings is 2. The molecule has 23 heavy (non-hydrogen) atoms. The molecule has 0 saturated carbocycles. The highest BCUT2D eigenvalue weighted by Gasteiger charge is 2.24. The van der Waals surface area contributed by atoms with Gasteiger partial charge in [0.1, 0.15) is 0 Å². The highest BCUT2D eigenvalue weighted by atomic mass is 35.5. The molecule has 2 aromatic carbocycles. The summed E-state index contributed by atoms with van der Waals surface area (Å²) in [5.74, 6) is 0.666. The second kappa shape index (κ2) is 5.74. The molecule has 0 bridgehead atoms. The van der Waals surface area contributed by atoms with Crippen LogP contribution in [0.2, 0.25) is 5.02 Å². The summed E-state index contributed by atoms with van der Waals surface area (Å²) in [4.78, 5) is 12.3. The Labute approximate surface area is 140 Å². The maximum Gasteiger partial charge on any atom is 0.291 e. The fourth-order valence-corrected chi connectivity index (χ4v) is 2.46. The van der Waals surface area contributed by atoms with Gasteiger partial charge in [-0.05, 0) is 46.9 Å². The average Bonchev–Trinajstić information content (AvgIpc) is 2.49. The molecule has 0 atom stereocenters. The van der Waals surface area contributed by atoms with Crippen molar-refractivity contribution in [2.75, 3.05) is 5.32 Å². The van der Waals surface area contributed by atoms with E-state index in [0.717, 1.165) is 11.1 Å². The van der Waals surface area contributed by atoms with Gasteiger partial charge in [-0.3, -0.25) is 4.79 Å². The van der Waals surface area contributed by atoms with Crippen LogP contribution in [0.1, 0.15) is 31.9 Å². The maximum absolute atomic E-state index is 12.3. The molecular formula is C19H18ClNO2. The van der Waals surface area contributed by atoms with Crippen LogP contribution in [0, 0.1) is 0 Å². The minimum atomic E-state index is -0.251. The SMILES string of the molecule is CC(C)(C)c1ccc2c(c1)NC(=O)C(=Cc1ccc(Cl)cc1)O2. The van der Waals surface area contributed by atoms with Crippen molar-refractivity contribution in [1.29, 1.82) is 0 Å². The molecular weight excluding hydrogens is 310 g/mol. The number of ether oxygens (including phenoxy) is 1. The highest BCUT2D eigenvalue weighted by Crippen LogP contribution is 2.35. The summed E-state index contributed by atoms with van der Waals surface area (Å²) in [5.41, 5.74) is 2.72.